The Bertz CT molecular complexity index is 298. The third kappa shape index (κ3) is 3.22. The van der Waals surface area contributed by atoms with Crippen molar-refractivity contribution >= 4 is 0 Å². The third-order valence-electron chi connectivity index (χ3n) is 6.57. The van der Waals surface area contributed by atoms with Crippen LogP contribution >= 0.6 is 0 Å². The summed E-state index contributed by atoms with van der Waals surface area (Å²) in [5.74, 6) is 2.68. The van der Waals surface area contributed by atoms with E-state index < -0.39 is 0 Å². The van der Waals surface area contributed by atoms with Gasteiger partial charge in [-0.25, -0.2) is 0 Å². The van der Waals surface area contributed by atoms with Crippen molar-refractivity contribution in [1.29, 1.82) is 0 Å². The van der Waals surface area contributed by atoms with E-state index in [9.17, 15) is 0 Å². The minimum atomic E-state index is 0.785. The molecule has 3 aliphatic rings. The van der Waals surface area contributed by atoms with Crippen LogP contribution in [0, 0.1) is 17.8 Å². The highest BCUT2D eigenvalue weighted by Crippen LogP contribution is 2.35. The monoisotopic (exact) mass is 278 g/mol. The highest BCUT2D eigenvalue weighted by atomic mass is 15.0. The van der Waals surface area contributed by atoms with Gasteiger partial charge in [0.25, 0.3) is 0 Å². The van der Waals surface area contributed by atoms with Crippen LogP contribution in [0.1, 0.15) is 71.6 Å². The number of hydrogen-bond donors (Lipinski definition) is 2. The molecule has 2 aliphatic carbocycles. The molecule has 0 bridgehead atoms. The molecule has 2 nitrogen and oxygen atoms in total. The summed E-state index contributed by atoms with van der Waals surface area (Å²) in [5, 5.41) is 7.91. The number of piperidine rings is 1. The highest BCUT2D eigenvalue weighted by molar-refractivity contribution is 4.95. The number of rotatable bonds is 3. The van der Waals surface area contributed by atoms with Gasteiger partial charge in [0.05, 0.1) is 0 Å². The largest absolute Gasteiger partial charge is 0.314 e. The maximum Gasteiger partial charge on any atom is 0.0113 e. The Kier molecular flexibility index (Phi) is 5.04. The molecule has 1 heterocycles. The van der Waals surface area contributed by atoms with Crippen molar-refractivity contribution in [1.82, 2.24) is 10.6 Å². The molecule has 0 amide bonds. The maximum absolute atomic E-state index is 4.11. The van der Waals surface area contributed by atoms with Gasteiger partial charge < -0.3 is 10.6 Å². The van der Waals surface area contributed by atoms with E-state index in [1.165, 1.54) is 64.3 Å². The zero-order valence-electron chi connectivity index (χ0n) is 13.5. The summed E-state index contributed by atoms with van der Waals surface area (Å²) in [5.41, 5.74) is 0. The minimum absolute atomic E-state index is 0.785. The van der Waals surface area contributed by atoms with Crippen molar-refractivity contribution in [3.8, 4) is 0 Å². The van der Waals surface area contributed by atoms with E-state index >= 15 is 0 Å². The molecule has 0 aromatic carbocycles. The van der Waals surface area contributed by atoms with Crippen molar-refractivity contribution in [2.75, 3.05) is 6.54 Å². The van der Waals surface area contributed by atoms with Crippen LogP contribution in [0.2, 0.25) is 0 Å². The van der Waals surface area contributed by atoms with Crippen LogP contribution in [-0.2, 0) is 0 Å². The standard InChI is InChI=1S/C18H34N2/c1-13-7-5-10-16(14(13)2)20-18-11-6-8-15(18)17-9-3-4-12-19-17/h13-20H,3-12H2,1-2H3. The van der Waals surface area contributed by atoms with Crippen molar-refractivity contribution in [2.24, 2.45) is 17.8 Å². The average Bonchev–Trinajstić information content (AvgIpc) is 2.93. The Balaban J connectivity index is 1.57. The van der Waals surface area contributed by atoms with E-state index in [1.807, 2.05) is 0 Å². The van der Waals surface area contributed by atoms with Crippen LogP contribution in [0.15, 0.2) is 0 Å². The molecule has 6 unspecified atom stereocenters. The van der Waals surface area contributed by atoms with E-state index in [4.69, 9.17) is 0 Å². The average molecular weight is 278 g/mol. The Labute approximate surface area is 125 Å². The lowest BCUT2D eigenvalue weighted by molar-refractivity contribution is 0.169. The molecule has 116 valence electrons. The second-order valence-corrected chi connectivity index (χ2v) is 7.80. The number of hydrogen-bond acceptors (Lipinski definition) is 2. The summed E-state index contributed by atoms with van der Waals surface area (Å²) in [4.78, 5) is 0. The van der Waals surface area contributed by atoms with Gasteiger partial charge in [-0.15, -0.1) is 0 Å². The zero-order chi connectivity index (χ0) is 13.9. The normalized spacial score (nSPS) is 46.5. The molecule has 20 heavy (non-hydrogen) atoms. The summed E-state index contributed by atoms with van der Waals surface area (Å²) < 4.78 is 0. The van der Waals surface area contributed by atoms with Crippen molar-refractivity contribution < 1.29 is 0 Å². The molecule has 2 N–H and O–H groups in total. The van der Waals surface area contributed by atoms with Crippen LogP contribution in [0.25, 0.3) is 0 Å². The molecule has 2 saturated carbocycles. The van der Waals surface area contributed by atoms with Crippen LogP contribution in [0.5, 0.6) is 0 Å². The van der Waals surface area contributed by atoms with Gasteiger partial charge in [0, 0.05) is 18.1 Å². The molecule has 0 radical (unpaired) electrons. The van der Waals surface area contributed by atoms with E-state index in [0.717, 1.165) is 35.9 Å². The first-order chi connectivity index (χ1) is 9.75. The van der Waals surface area contributed by atoms with Gasteiger partial charge in [-0.05, 0) is 56.4 Å². The predicted molar refractivity (Wildman–Crippen MR) is 85.9 cm³/mol. The molecule has 1 aliphatic heterocycles. The summed E-state index contributed by atoms with van der Waals surface area (Å²) >= 11 is 0. The van der Waals surface area contributed by atoms with E-state index in [2.05, 4.69) is 24.5 Å². The van der Waals surface area contributed by atoms with Gasteiger partial charge in [0.1, 0.15) is 0 Å². The Morgan fingerprint density at radius 3 is 2.40 bits per heavy atom. The second kappa shape index (κ2) is 6.79. The fourth-order valence-corrected chi connectivity index (χ4v) is 5.01. The Morgan fingerprint density at radius 2 is 1.60 bits per heavy atom. The first kappa shape index (κ1) is 14.8. The van der Waals surface area contributed by atoms with Crippen LogP contribution in [0.3, 0.4) is 0 Å². The topological polar surface area (TPSA) is 24.1 Å². The third-order valence-corrected chi connectivity index (χ3v) is 6.57. The van der Waals surface area contributed by atoms with Crippen molar-refractivity contribution in [2.45, 2.75) is 89.8 Å². The lowest BCUT2D eigenvalue weighted by Crippen LogP contribution is -2.52. The van der Waals surface area contributed by atoms with Crippen LogP contribution in [0.4, 0.5) is 0 Å². The second-order valence-electron chi connectivity index (χ2n) is 7.80. The maximum atomic E-state index is 4.11. The highest BCUT2D eigenvalue weighted by Gasteiger charge is 2.37. The molecule has 3 rings (SSSR count). The fraction of sp³-hybridized carbons (Fsp3) is 1.00. The van der Waals surface area contributed by atoms with Gasteiger partial charge in [0.15, 0.2) is 0 Å². The SMILES string of the molecule is CC1CCCC(NC2CCCC2C2CCCCN2)C1C. The van der Waals surface area contributed by atoms with Crippen molar-refractivity contribution in [3.63, 3.8) is 0 Å². The summed E-state index contributed by atoms with van der Waals surface area (Å²) in [7, 11) is 0. The summed E-state index contributed by atoms with van der Waals surface area (Å²) in [6, 6.07) is 2.39. The molecule has 0 spiro atoms. The smallest absolute Gasteiger partial charge is 0.0113 e. The summed E-state index contributed by atoms with van der Waals surface area (Å²) in [6.07, 6.45) is 12.8. The molecule has 3 fully saturated rings. The van der Waals surface area contributed by atoms with Gasteiger partial charge in [-0.2, -0.15) is 0 Å². The van der Waals surface area contributed by atoms with Crippen LogP contribution in [-0.4, -0.2) is 24.7 Å². The number of nitrogens with one attached hydrogen (secondary N) is 2. The molecule has 2 heteroatoms. The lowest BCUT2D eigenvalue weighted by Gasteiger charge is -2.40. The predicted octanol–water partition coefficient (Wildman–Crippen LogP) is 3.71. The molecule has 0 aromatic heterocycles. The molecule has 1 saturated heterocycles. The quantitative estimate of drug-likeness (QED) is 0.822. The Morgan fingerprint density at radius 1 is 0.800 bits per heavy atom. The Hall–Kier alpha value is -0.0800. The van der Waals surface area contributed by atoms with Crippen molar-refractivity contribution in [3.05, 3.63) is 0 Å². The minimum Gasteiger partial charge on any atom is -0.314 e. The van der Waals surface area contributed by atoms with E-state index in [-0.39, 0.29) is 0 Å². The zero-order valence-corrected chi connectivity index (χ0v) is 13.5. The molecule has 0 aromatic rings. The first-order valence-corrected chi connectivity index (χ1v) is 9.25. The van der Waals surface area contributed by atoms with Gasteiger partial charge in [0.2, 0.25) is 0 Å². The van der Waals surface area contributed by atoms with E-state index in [1.54, 1.807) is 0 Å². The molecule has 6 atom stereocenters. The summed E-state index contributed by atoms with van der Waals surface area (Å²) in [6.45, 7) is 6.18. The first-order valence-electron chi connectivity index (χ1n) is 9.25. The molecular weight excluding hydrogens is 244 g/mol. The lowest BCUT2D eigenvalue weighted by atomic mass is 9.77. The fourth-order valence-electron chi connectivity index (χ4n) is 5.01. The van der Waals surface area contributed by atoms with Crippen LogP contribution < -0.4 is 10.6 Å². The van der Waals surface area contributed by atoms with Gasteiger partial charge in [-0.3, -0.25) is 0 Å². The molecular formula is C18H34N2. The van der Waals surface area contributed by atoms with E-state index in [0.29, 0.717) is 0 Å². The van der Waals surface area contributed by atoms with Gasteiger partial charge >= 0.3 is 0 Å². The van der Waals surface area contributed by atoms with Gasteiger partial charge in [-0.1, -0.05) is 39.5 Å².